The molecule has 1 fully saturated rings. The van der Waals surface area contributed by atoms with Gasteiger partial charge in [0.2, 0.25) is 0 Å². The summed E-state index contributed by atoms with van der Waals surface area (Å²) < 4.78 is 24.5. The van der Waals surface area contributed by atoms with E-state index in [0.717, 1.165) is 38.2 Å². The average Bonchev–Trinajstić information content (AvgIpc) is 2.61. The zero-order valence-corrected chi connectivity index (χ0v) is 15.6. The molecular weight excluding hydrogens is 338 g/mol. The van der Waals surface area contributed by atoms with Crippen LogP contribution in [0.5, 0.6) is 0 Å². The molecule has 2 rings (SSSR count). The fourth-order valence-electron chi connectivity index (χ4n) is 2.92. The van der Waals surface area contributed by atoms with E-state index in [1.807, 2.05) is 13.0 Å². The van der Waals surface area contributed by atoms with Crippen LogP contribution in [0, 0.1) is 0 Å². The highest BCUT2D eigenvalue weighted by molar-refractivity contribution is 7.91. The van der Waals surface area contributed by atoms with Crippen LogP contribution < -0.4 is 10.6 Å². The number of hydrogen-bond acceptors (Lipinski definition) is 4. The fourth-order valence-corrected chi connectivity index (χ4v) is 4.24. The molecule has 140 valence electrons. The number of sulfone groups is 1. The Balaban J connectivity index is 1.82. The minimum atomic E-state index is -3.24. The number of aliphatic hydroxyl groups is 1. The Morgan fingerprint density at radius 3 is 2.52 bits per heavy atom. The Kier molecular flexibility index (Phi) is 7.71. The number of nitrogens with one attached hydrogen (secondary N) is 2. The van der Waals surface area contributed by atoms with Crippen molar-refractivity contribution >= 4 is 15.8 Å². The van der Waals surface area contributed by atoms with E-state index in [-0.39, 0.29) is 11.9 Å². The van der Waals surface area contributed by atoms with Gasteiger partial charge in [-0.2, -0.15) is 0 Å². The van der Waals surface area contributed by atoms with Crippen LogP contribution in [-0.4, -0.2) is 50.5 Å². The number of benzene rings is 1. The minimum Gasteiger partial charge on any atom is -0.393 e. The van der Waals surface area contributed by atoms with Crippen molar-refractivity contribution in [3.63, 3.8) is 0 Å². The van der Waals surface area contributed by atoms with Crippen LogP contribution in [0.25, 0.3) is 0 Å². The second-order valence-electron chi connectivity index (χ2n) is 6.40. The van der Waals surface area contributed by atoms with Gasteiger partial charge in [-0.1, -0.05) is 18.2 Å². The molecule has 25 heavy (non-hydrogen) atoms. The molecule has 0 radical (unpaired) electrons. The van der Waals surface area contributed by atoms with Crippen LogP contribution in [0.3, 0.4) is 0 Å². The Morgan fingerprint density at radius 1 is 1.20 bits per heavy atom. The van der Waals surface area contributed by atoms with E-state index >= 15 is 0 Å². The second kappa shape index (κ2) is 9.77. The van der Waals surface area contributed by atoms with Crippen molar-refractivity contribution in [3.05, 3.63) is 30.3 Å². The van der Waals surface area contributed by atoms with Crippen molar-refractivity contribution in [2.45, 2.75) is 56.1 Å². The van der Waals surface area contributed by atoms with Gasteiger partial charge < -0.3 is 15.7 Å². The molecule has 1 aromatic carbocycles. The number of guanidine groups is 1. The molecule has 0 amide bonds. The third kappa shape index (κ3) is 6.66. The van der Waals surface area contributed by atoms with Crippen LogP contribution in [0.1, 0.15) is 39.0 Å². The first-order chi connectivity index (χ1) is 12.0. The second-order valence-corrected chi connectivity index (χ2v) is 8.51. The molecule has 6 nitrogen and oxygen atoms in total. The monoisotopic (exact) mass is 367 g/mol. The van der Waals surface area contributed by atoms with Gasteiger partial charge in [0.15, 0.2) is 15.8 Å². The largest absolute Gasteiger partial charge is 0.393 e. The molecule has 0 unspecified atom stereocenters. The fraction of sp³-hybridized carbons (Fsp3) is 0.611. The predicted octanol–water partition coefficient (Wildman–Crippen LogP) is 1.71. The third-order valence-corrected chi connectivity index (χ3v) is 6.14. The van der Waals surface area contributed by atoms with E-state index in [2.05, 4.69) is 15.6 Å². The Bertz CT molecular complexity index is 639. The molecule has 1 aliphatic carbocycles. The van der Waals surface area contributed by atoms with Gasteiger partial charge in [-0.15, -0.1) is 0 Å². The quantitative estimate of drug-likeness (QED) is 0.388. The number of rotatable bonds is 7. The van der Waals surface area contributed by atoms with Gasteiger partial charge in [0.1, 0.15) is 0 Å². The molecule has 0 heterocycles. The Hall–Kier alpha value is -1.60. The van der Waals surface area contributed by atoms with E-state index in [4.69, 9.17) is 0 Å². The Morgan fingerprint density at radius 2 is 1.88 bits per heavy atom. The van der Waals surface area contributed by atoms with E-state index in [0.29, 0.717) is 23.9 Å². The summed E-state index contributed by atoms with van der Waals surface area (Å²) in [5, 5.41) is 16.2. The zero-order valence-electron chi connectivity index (χ0n) is 14.8. The molecule has 0 spiro atoms. The van der Waals surface area contributed by atoms with Gasteiger partial charge in [0.05, 0.1) is 16.8 Å². The standard InChI is InChI=1S/C18H29N3O3S/c1-2-19-18(21-15-9-11-16(22)12-10-15)20-13-6-14-25(23,24)17-7-4-3-5-8-17/h3-5,7-8,15-16,22H,2,6,9-14H2,1H3,(H2,19,20,21). The van der Waals surface area contributed by atoms with Gasteiger partial charge in [-0.05, 0) is 51.2 Å². The molecule has 0 saturated heterocycles. The van der Waals surface area contributed by atoms with Gasteiger partial charge in [-0.3, -0.25) is 4.99 Å². The summed E-state index contributed by atoms with van der Waals surface area (Å²) in [6.07, 6.45) is 3.78. The lowest BCUT2D eigenvalue weighted by Crippen LogP contribution is -2.45. The van der Waals surface area contributed by atoms with Crippen molar-refractivity contribution in [1.29, 1.82) is 0 Å². The molecule has 7 heteroatoms. The van der Waals surface area contributed by atoms with Crippen molar-refractivity contribution in [2.24, 2.45) is 4.99 Å². The van der Waals surface area contributed by atoms with Gasteiger partial charge in [0.25, 0.3) is 0 Å². The summed E-state index contributed by atoms with van der Waals surface area (Å²) in [4.78, 5) is 4.86. The summed E-state index contributed by atoms with van der Waals surface area (Å²) in [5.74, 6) is 0.816. The number of nitrogens with zero attached hydrogens (tertiary/aromatic N) is 1. The van der Waals surface area contributed by atoms with E-state index in [1.165, 1.54) is 0 Å². The first-order valence-corrected chi connectivity index (χ1v) is 10.7. The topological polar surface area (TPSA) is 90.8 Å². The predicted molar refractivity (Wildman–Crippen MR) is 100 cm³/mol. The summed E-state index contributed by atoms with van der Waals surface area (Å²) >= 11 is 0. The normalized spacial score (nSPS) is 21.8. The van der Waals surface area contributed by atoms with E-state index < -0.39 is 9.84 Å². The summed E-state index contributed by atoms with van der Waals surface area (Å²) in [6.45, 7) is 3.21. The maximum absolute atomic E-state index is 12.2. The minimum absolute atomic E-state index is 0.0928. The van der Waals surface area contributed by atoms with Crippen LogP contribution in [0.15, 0.2) is 40.2 Å². The smallest absolute Gasteiger partial charge is 0.191 e. The van der Waals surface area contributed by atoms with Crippen molar-refractivity contribution in [2.75, 3.05) is 18.8 Å². The van der Waals surface area contributed by atoms with E-state index in [1.54, 1.807) is 24.3 Å². The molecule has 0 bridgehead atoms. The van der Waals surface area contributed by atoms with Crippen molar-refractivity contribution < 1.29 is 13.5 Å². The number of aliphatic hydroxyl groups excluding tert-OH is 1. The summed E-state index contributed by atoms with van der Waals surface area (Å²) in [5.41, 5.74) is 0. The molecule has 0 atom stereocenters. The third-order valence-electron chi connectivity index (χ3n) is 4.33. The Labute approximate surface area is 150 Å². The summed E-state index contributed by atoms with van der Waals surface area (Å²) in [7, 11) is -3.24. The highest BCUT2D eigenvalue weighted by Gasteiger charge is 2.20. The van der Waals surface area contributed by atoms with Crippen LogP contribution in [-0.2, 0) is 9.84 Å². The van der Waals surface area contributed by atoms with Crippen LogP contribution >= 0.6 is 0 Å². The first kappa shape index (κ1) is 19.7. The summed E-state index contributed by atoms with van der Waals surface area (Å²) in [6, 6.07) is 8.85. The molecule has 1 saturated carbocycles. The SMILES string of the molecule is CCNC(=NCCCS(=O)(=O)c1ccccc1)NC1CCC(O)CC1. The van der Waals surface area contributed by atoms with Crippen LogP contribution in [0.4, 0.5) is 0 Å². The highest BCUT2D eigenvalue weighted by Crippen LogP contribution is 2.18. The number of hydrogen-bond donors (Lipinski definition) is 3. The lowest BCUT2D eigenvalue weighted by atomic mass is 9.93. The lowest BCUT2D eigenvalue weighted by Gasteiger charge is -2.27. The molecule has 1 aromatic rings. The van der Waals surface area contributed by atoms with Gasteiger partial charge >= 0.3 is 0 Å². The lowest BCUT2D eigenvalue weighted by molar-refractivity contribution is 0.120. The zero-order chi connectivity index (χ0) is 18.1. The highest BCUT2D eigenvalue weighted by atomic mass is 32.2. The van der Waals surface area contributed by atoms with Crippen molar-refractivity contribution in [3.8, 4) is 0 Å². The molecular formula is C18H29N3O3S. The first-order valence-electron chi connectivity index (χ1n) is 9.02. The average molecular weight is 368 g/mol. The van der Waals surface area contributed by atoms with Gasteiger partial charge in [0, 0.05) is 19.1 Å². The van der Waals surface area contributed by atoms with Gasteiger partial charge in [-0.25, -0.2) is 8.42 Å². The molecule has 0 aromatic heterocycles. The van der Waals surface area contributed by atoms with Crippen LogP contribution in [0.2, 0.25) is 0 Å². The molecule has 3 N–H and O–H groups in total. The maximum Gasteiger partial charge on any atom is 0.191 e. The van der Waals surface area contributed by atoms with Crippen molar-refractivity contribution in [1.82, 2.24) is 10.6 Å². The number of aliphatic imine (C=N–C) groups is 1. The maximum atomic E-state index is 12.2. The van der Waals surface area contributed by atoms with E-state index in [9.17, 15) is 13.5 Å². The molecule has 1 aliphatic rings. The molecule has 0 aliphatic heterocycles.